The molecule has 0 atom stereocenters. The summed E-state index contributed by atoms with van der Waals surface area (Å²) in [4.78, 5) is 0.0770. The second kappa shape index (κ2) is 5.94. The minimum atomic E-state index is -3.71. The zero-order valence-corrected chi connectivity index (χ0v) is 12.4. The van der Waals surface area contributed by atoms with E-state index in [1.165, 1.54) is 30.3 Å². The van der Waals surface area contributed by atoms with Crippen LogP contribution in [0.25, 0.3) is 0 Å². The third-order valence-corrected chi connectivity index (χ3v) is 4.58. The van der Waals surface area contributed by atoms with E-state index in [4.69, 9.17) is 9.47 Å². The minimum absolute atomic E-state index is 0.00847. The first kappa shape index (κ1) is 14.8. The molecule has 0 amide bonds. The predicted octanol–water partition coefficient (Wildman–Crippen LogP) is 2.08. The lowest BCUT2D eigenvalue weighted by molar-refractivity contribution is 0.171. The van der Waals surface area contributed by atoms with E-state index in [1.54, 1.807) is 12.1 Å². The van der Waals surface area contributed by atoms with Crippen molar-refractivity contribution in [3.05, 3.63) is 53.8 Å². The molecule has 1 aliphatic heterocycles. The van der Waals surface area contributed by atoms with Crippen LogP contribution in [-0.2, 0) is 16.6 Å². The van der Waals surface area contributed by atoms with Gasteiger partial charge in [0.25, 0.3) is 0 Å². The lowest BCUT2D eigenvalue weighted by Crippen LogP contribution is -2.24. The maximum Gasteiger partial charge on any atom is 0.241 e. The van der Waals surface area contributed by atoms with Crippen LogP contribution in [0.2, 0.25) is 0 Å². The first-order valence-corrected chi connectivity index (χ1v) is 8.17. The van der Waals surface area contributed by atoms with Crippen LogP contribution in [-0.4, -0.2) is 21.6 Å². The first-order chi connectivity index (χ1) is 10.5. The van der Waals surface area contributed by atoms with Gasteiger partial charge in [0.2, 0.25) is 10.0 Å². The van der Waals surface area contributed by atoms with Crippen LogP contribution in [0.4, 0.5) is 4.39 Å². The van der Waals surface area contributed by atoms with Gasteiger partial charge in [-0.2, -0.15) is 0 Å². The third kappa shape index (κ3) is 3.20. The lowest BCUT2D eigenvalue weighted by Gasteiger charge is -2.18. The number of halogens is 1. The van der Waals surface area contributed by atoms with Gasteiger partial charge < -0.3 is 9.47 Å². The molecule has 0 fully saturated rings. The summed E-state index contributed by atoms with van der Waals surface area (Å²) in [7, 11) is -3.71. The lowest BCUT2D eigenvalue weighted by atomic mass is 10.2. The molecule has 0 aromatic heterocycles. The molecule has 0 saturated heterocycles. The van der Waals surface area contributed by atoms with Crippen molar-refractivity contribution < 1.29 is 22.3 Å². The van der Waals surface area contributed by atoms with Crippen LogP contribution >= 0.6 is 0 Å². The van der Waals surface area contributed by atoms with Crippen LogP contribution in [0.1, 0.15) is 5.56 Å². The summed E-state index contributed by atoms with van der Waals surface area (Å²) in [5.74, 6) is 0.520. The second-order valence-electron chi connectivity index (χ2n) is 4.76. The zero-order chi connectivity index (χ0) is 15.6. The summed E-state index contributed by atoms with van der Waals surface area (Å²) in [6.07, 6.45) is 0. The summed E-state index contributed by atoms with van der Waals surface area (Å²) in [5, 5.41) is 0. The molecule has 0 aliphatic carbocycles. The number of hydrogen-bond donors (Lipinski definition) is 1. The van der Waals surface area contributed by atoms with Crippen LogP contribution in [0, 0.1) is 5.82 Å². The number of hydrogen-bond acceptors (Lipinski definition) is 4. The van der Waals surface area contributed by atoms with E-state index in [2.05, 4.69) is 4.72 Å². The Morgan fingerprint density at radius 3 is 2.59 bits per heavy atom. The fraction of sp³-hybridized carbons (Fsp3) is 0.200. The van der Waals surface area contributed by atoms with Gasteiger partial charge >= 0.3 is 0 Å². The molecule has 3 rings (SSSR count). The number of fused-ring (bicyclic) bond motifs is 1. The Hall–Kier alpha value is -2.12. The molecule has 1 N–H and O–H groups in total. The Morgan fingerprint density at radius 2 is 1.82 bits per heavy atom. The highest BCUT2D eigenvalue weighted by Gasteiger charge is 2.19. The Morgan fingerprint density at radius 1 is 1.05 bits per heavy atom. The number of ether oxygens (including phenoxy) is 2. The fourth-order valence-corrected chi connectivity index (χ4v) is 3.13. The maximum absolute atomic E-state index is 13.1. The summed E-state index contributed by atoms with van der Waals surface area (Å²) in [5.41, 5.74) is 0.543. The van der Waals surface area contributed by atoms with Gasteiger partial charge in [0.15, 0.2) is 11.5 Å². The Balaban J connectivity index is 1.78. The van der Waals surface area contributed by atoms with Crippen molar-refractivity contribution in [1.82, 2.24) is 4.72 Å². The average molecular weight is 323 g/mol. The molecule has 5 nitrogen and oxygen atoms in total. The zero-order valence-electron chi connectivity index (χ0n) is 11.6. The first-order valence-electron chi connectivity index (χ1n) is 6.68. The average Bonchev–Trinajstić information content (AvgIpc) is 2.53. The number of rotatable bonds is 4. The molecule has 0 bridgehead atoms. The summed E-state index contributed by atoms with van der Waals surface area (Å²) in [6.45, 7) is 0.832. The van der Waals surface area contributed by atoms with Gasteiger partial charge in [0, 0.05) is 12.6 Å². The molecule has 7 heteroatoms. The van der Waals surface area contributed by atoms with Gasteiger partial charge in [-0.05, 0) is 29.8 Å². The molecule has 0 spiro atoms. The van der Waals surface area contributed by atoms with E-state index < -0.39 is 15.8 Å². The largest absolute Gasteiger partial charge is 0.486 e. The summed E-state index contributed by atoms with van der Waals surface area (Å²) < 4.78 is 50.8. The molecule has 2 aromatic rings. The third-order valence-electron chi connectivity index (χ3n) is 3.18. The van der Waals surface area contributed by atoms with E-state index in [0.717, 1.165) is 0 Å². The molecule has 116 valence electrons. The standard InChI is InChI=1S/C15H14FNO4S/c16-12-3-1-2-11(8-12)10-17-22(18,19)13-4-5-14-15(9-13)21-7-6-20-14/h1-5,8-9,17H,6-7,10H2. The molecule has 1 aliphatic rings. The molecular formula is C15H14FNO4S. The molecule has 22 heavy (non-hydrogen) atoms. The highest BCUT2D eigenvalue weighted by atomic mass is 32.2. The van der Waals surface area contributed by atoms with E-state index in [1.807, 2.05) is 0 Å². The number of nitrogens with one attached hydrogen (secondary N) is 1. The molecule has 0 saturated carbocycles. The van der Waals surface area contributed by atoms with Gasteiger partial charge in [-0.15, -0.1) is 0 Å². The highest BCUT2D eigenvalue weighted by Crippen LogP contribution is 2.32. The van der Waals surface area contributed by atoms with Gasteiger partial charge in [0.05, 0.1) is 4.90 Å². The van der Waals surface area contributed by atoms with Crippen molar-refractivity contribution in [3.63, 3.8) is 0 Å². The number of sulfonamides is 1. The van der Waals surface area contributed by atoms with Crippen LogP contribution < -0.4 is 14.2 Å². The summed E-state index contributed by atoms with van der Waals surface area (Å²) in [6, 6.07) is 10.2. The van der Waals surface area contributed by atoms with E-state index >= 15 is 0 Å². The van der Waals surface area contributed by atoms with Gasteiger partial charge in [-0.25, -0.2) is 17.5 Å². The normalized spacial score (nSPS) is 13.9. The molecule has 2 aromatic carbocycles. The fourth-order valence-electron chi connectivity index (χ4n) is 2.10. The summed E-state index contributed by atoms with van der Waals surface area (Å²) >= 11 is 0. The van der Waals surface area contributed by atoms with Crippen LogP contribution in [0.15, 0.2) is 47.4 Å². The van der Waals surface area contributed by atoms with Crippen molar-refractivity contribution in [1.29, 1.82) is 0 Å². The Bertz CT molecular complexity index is 792. The van der Waals surface area contributed by atoms with Crippen LogP contribution in [0.5, 0.6) is 11.5 Å². The Labute approximate surface area is 127 Å². The van der Waals surface area contributed by atoms with Crippen molar-refractivity contribution in [3.8, 4) is 11.5 Å². The van der Waals surface area contributed by atoms with Gasteiger partial charge in [-0.1, -0.05) is 12.1 Å². The van der Waals surface area contributed by atoms with Crippen molar-refractivity contribution >= 4 is 10.0 Å². The second-order valence-corrected chi connectivity index (χ2v) is 6.53. The van der Waals surface area contributed by atoms with E-state index in [-0.39, 0.29) is 11.4 Å². The molecule has 0 unspecified atom stereocenters. The SMILES string of the molecule is O=S(=O)(NCc1cccc(F)c1)c1ccc2c(c1)OCCO2. The quantitative estimate of drug-likeness (QED) is 0.935. The number of benzene rings is 2. The molecule has 1 heterocycles. The smallest absolute Gasteiger partial charge is 0.241 e. The van der Waals surface area contributed by atoms with Gasteiger partial charge in [0.1, 0.15) is 19.0 Å². The van der Waals surface area contributed by atoms with E-state index in [9.17, 15) is 12.8 Å². The molecule has 0 radical (unpaired) electrons. The predicted molar refractivity (Wildman–Crippen MR) is 77.9 cm³/mol. The topological polar surface area (TPSA) is 64.6 Å². The highest BCUT2D eigenvalue weighted by molar-refractivity contribution is 7.89. The van der Waals surface area contributed by atoms with Crippen molar-refractivity contribution in [2.45, 2.75) is 11.4 Å². The molecular weight excluding hydrogens is 309 g/mol. The monoisotopic (exact) mass is 323 g/mol. The van der Waals surface area contributed by atoms with Gasteiger partial charge in [-0.3, -0.25) is 0 Å². The maximum atomic E-state index is 13.1. The minimum Gasteiger partial charge on any atom is -0.486 e. The Kier molecular flexibility index (Phi) is 4.00. The van der Waals surface area contributed by atoms with E-state index in [0.29, 0.717) is 30.3 Å². The van der Waals surface area contributed by atoms with Crippen molar-refractivity contribution in [2.75, 3.05) is 13.2 Å². The van der Waals surface area contributed by atoms with Crippen molar-refractivity contribution in [2.24, 2.45) is 0 Å². The van der Waals surface area contributed by atoms with Crippen LogP contribution in [0.3, 0.4) is 0 Å².